The van der Waals surface area contributed by atoms with E-state index in [-0.39, 0.29) is 0 Å². The number of pyridine rings is 1. The average Bonchev–Trinajstić information content (AvgIpc) is 2.18. The van der Waals surface area contributed by atoms with Gasteiger partial charge in [-0.3, -0.25) is 0 Å². The van der Waals surface area contributed by atoms with Crippen LogP contribution < -0.4 is 0 Å². The molecule has 0 bridgehead atoms. The standard InChI is InChI=1S/C10H14ClNO/c1-3-10(13,4-2)8-5-6-9(11)12-7-8/h5-7,13H,3-4H2,1-2H3. The van der Waals surface area contributed by atoms with Gasteiger partial charge in [-0.2, -0.15) is 0 Å². The van der Waals surface area contributed by atoms with Crippen molar-refractivity contribution >= 4 is 11.6 Å². The molecule has 0 aromatic carbocycles. The zero-order valence-corrected chi connectivity index (χ0v) is 8.67. The first-order chi connectivity index (χ1) is 6.12. The Morgan fingerprint density at radius 1 is 1.38 bits per heavy atom. The summed E-state index contributed by atoms with van der Waals surface area (Å²) in [5, 5.41) is 10.6. The van der Waals surface area contributed by atoms with Crippen molar-refractivity contribution in [1.82, 2.24) is 4.98 Å². The number of hydrogen-bond acceptors (Lipinski definition) is 2. The van der Waals surface area contributed by atoms with Gasteiger partial charge in [0, 0.05) is 11.8 Å². The fourth-order valence-corrected chi connectivity index (χ4v) is 1.42. The fraction of sp³-hybridized carbons (Fsp3) is 0.500. The van der Waals surface area contributed by atoms with Crippen LogP contribution in [0, 0.1) is 0 Å². The molecule has 3 heteroatoms. The van der Waals surface area contributed by atoms with Gasteiger partial charge < -0.3 is 5.11 Å². The second kappa shape index (κ2) is 4.07. The summed E-state index contributed by atoms with van der Waals surface area (Å²) >= 11 is 5.66. The van der Waals surface area contributed by atoms with Crippen molar-refractivity contribution in [3.05, 3.63) is 29.0 Å². The molecule has 0 aliphatic rings. The summed E-state index contributed by atoms with van der Waals surface area (Å²) in [6.45, 7) is 3.91. The Bertz CT molecular complexity index is 267. The zero-order chi connectivity index (χ0) is 9.90. The van der Waals surface area contributed by atoms with Crippen molar-refractivity contribution in [2.75, 3.05) is 0 Å². The molecule has 72 valence electrons. The molecule has 13 heavy (non-hydrogen) atoms. The minimum atomic E-state index is -0.752. The first kappa shape index (κ1) is 10.5. The lowest BCUT2D eigenvalue weighted by Gasteiger charge is -2.25. The number of rotatable bonds is 3. The van der Waals surface area contributed by atoms with E-state index in [1.807, 2.05) is 19.9 Å². The number of hydrogen-bond donors (Lipinski definition) is 1. The molecule has 0 saturated carbocycles. The van der Waals surface area contributed by atoms with Crippen LogP contribution in [-0.2, 0) is 5.60 Å². The Labute approximate surface area is 83.6 Å². The normalized spacial score (nSPS) is 11.7. The van der Waals surface area contributed by atoms with Crippen molar-refractivity contribution in [2.45, 2.75) is 32.3 Å². The number of aliphatic hydroxyl groups is 1. The van der Waals surface area contributed by atoms with Gasteiger partial charge in [0.15, 0.2) is 0 Å². The molecule has 1 aromatic rings. The van der Waals surface area contributed by atoms with Crippen LogP contribution in [0.15, 0.2) is 18.3 Å². The van der Waals surface area contributed by atoms with Gasteiger partial charge in [0.2, 0.25) is 0 Å². The minimum Gasteiger partial charge on any atom is -0.385 e. The van der Waals surface area contributed by atoms with E-state index in [0.29, 0.717) is 18.0 Å². The first-order valence-electron chi connectivity index (χ1n) is 4.47. The topological polar surface area (TPSA) is 33.1 Å². The molecule has 0 saturated heterocycles. The summed E-state index contributed by atoms with van der Waals surface area (Å²) in [5.74, 6) is 0. The van der Waals surface area contributed by atoms with Crippen molar-refractivity contribution in [3.63, 3.8) is 0 Å². The number of aromatic nitrogens is 1. The average molecular weight is 200 g/mol. The van der Waals surface area contributed by atoms with Crippen molar-refractivity contribution in [3.8, 4) is 0 Å². The molecule has 0 unspecified atom stereocenters. The van der Waals surface area contributed by atoms with E-state index in [4.69, 9.17) is 11.6 Å². The molecule has 0 radical (unpaired) electrons. The highest BCUT2D eigenvalue weighted by molar-refractivity contribution is 6.29. The molecule has 0 atom stereocenters. The maximum absolute atomic E-state index is 10.1. The lowest BCUT2D eigenvalue weighted by atomic mass is 9.90. The first-order valence-corrected chi connectivity index (χ1v) is 4.84. The summed E-state index contributed by atoms with van der Waals surface area (Å²) in [5.41, 5.74) is 0.0827. The molecular formula is C10H14ClNO. The van der Waals surface area contributed by atoms with Gasteiger partial charge in [-0.25, -0.2) is 4.98 Å². The van der Waals surface area contributed by atoms with E-state index in [1.54, 1.807) is 12.3 Å². The van der Waals surface area contributed by atoms with E-state index in [9.17, 15) is 5.11 Å². The van der Waals surface area contributed by atoms with Gasteiger partial charge in [0.1, 0.15) is 5.15 Å². The molecule has 0 amide bonds. The van der Waals surface area contributed by atoms with E-state index >= 15 is 0 Å². The molecule has 0 fully saturated rings. The summed E-state index contributed by atoms with van der Waals surface area (Å²) in [7, 11) is 0. The van der Waals surface area contributed by atoms with Gasteiger partial charge >= 0.3 is 0 Å². The van der Waals surface area contributed by atoms with Gasteiger partial charge in [-0.15, -0.1) is 0 Å². The second-order valence-corrected chi connectivity index (χ2v) is 3.50. The smallest absolute Gasteiger partial charge is 0.129 e. The van der Waals surface area contributed by atoms with Crippen LogP contribution in [0.2, 0.25) is 5.15 Å². The van der Waals surface area contributed by atoms with Crippen molar-refractivity contribution < 1.29 is 5.11 Å². The summed E-state index contributed by atoms with van der Waals surface area (Å²) in [6.07, 6.45) is 3.01. The lowest BCUT2D eigenvalue weighted by Crippen LogP contribution is -2.23. The Kier molecular flexibility index (Phi) is 3.28. The van der Waals surface area contributed by atoms with Gasteiger partial charge in [0.05, 0.1) is 5.60 Å². The molecule has 1 N–H and O–H groups in total. The van der Waals surface area contributed by atoms with Crippen molar-refractivity contribution in [2.24, 2.45) is 0 Å². The molecule has 0 spiro atoms. The van der Waals surface area contributed by atoms with E-state index in [1.165, 1.54) is 0 Å². The lowest BCUT2D eigenvalue weighted by molar-refractivity contribution is 0.0280. The highest BCUT2D eigenvalue weighted by atomic mass is 35.5. The molecule has 0 aliphatic carbocycles. The van der Waals surface area contributed by atoms with Crippen LogP contribution in [-0.4, -0.2) is 10.1 Å². The van der Waals surface area contributed by atoms with E-state index in [0.717, 1.165) is 5.56 Å². The van der Waals surface area contributed by atoms with Gasteiger partial charge in [0.25, 0.3) is 0 Å². The van der Waals surface area contributed by atoms with Crippen LogP contribution in [0.3, 0.4) is 0 Å². The molecule has 1 rings (SSSR count). The largest absolute Gasteiger partial charge is 0.385 e. The maximum Gasteiger partial charge on any atom is 0.129 e. The van der Waals surface area contributed by atoms with Crippen LogP contribution in [0.4, 0.5) is 0 Å². The van der Waals surface area contributed by atoms with Crippen molar-refractivity contribution in [1.29, 1.82) is 0 Å². The minimum absolute atomic E-state index is 0.457. The second-order valence-electron chi connectivity index (χ2n) is 3.11. The summed E-state index contributed by atoms with van der Waals surface area (Å²) < 4.78 is 0. The van der Waals surface area contributed by atoms with E-state index in [2.05, 4.69) is 4.98 Å². The Balaban J connectivity index is 2.99. The summed E-state index contributed by atoms with van der Waals surface area (Å²) in [4.78, 5) is 3.95. The fourth-order valence-electron chi connectivity index (χ4n) is 1.31. The molecule has 1 aromatic heterocycles. The molecule has 2 nitrogen and oxygen atoms in total. The number of nitrogens with zero attached hydrogens (tertiary/aromatic N) is 1. The molecular weight excluding hydrogens is 186 g/mol. The predicted molar refractivity (Wildman–Crippen MR) is 53.7 cm³/mol. The van der Waals surface area contributed by atoms with Crippen LogP contribution in [0.25, 0.3) is 0 Å². The van der Waals surface area contributed by atoms with E-state index < -0.39 is 5.60 Å². The van der Waals surface area contributed by atoms with Crippen LogP contribution in [0.1, 0.15) is 32.3 Å². The third kappa shape index (κ3) is 2.20. The highest BCUT2D eigenvalue weighted by Crippen LogP contribution is 2.27. The van der Waals surface area contributed by atoms with Crippen LogP contribution in [0.5, 0.6) is 0 Å². The third-order valence-corrected chi connectivity index (χ3v) is 2.66. The quantitative estimate of drug-likeness (QED) is 0.760. The molecule has 0 aliphatic heterocycles. The SMILES string of the molecule is CCC(O)(CC)c1ccc(Cl)nc1. The summed E-state index contributed by atoms with van der Waals surface area (Å²) in [6, 6.07) is 3.52. The molecule has 1 heterocycles. The maximum atomic E-state index is 10.1. The number of halogens is 1. The third-order valence-electron chi connectivity index (χ3n) is 2.43. The predicted octanol–water partition coefficient (Wildman–Crippen LogP) is 2.74. The Morgan fingerprint density at radius 3 is 2.38 bits per heavy atom. The Hall–Kier alpha value is -0.600. The monoisotopic (exact) mass is 199 g/mol. The Morgan fingerprint density at radius 2 is 2.00 bits per heavy atom. The van der Waals surface area contributed by atoms with Gasteiger partial charge in [-0.1, -0.05) is 31.5 Å². The van der Waals surface area contributed by atoms with Gasteiger partial charge in [-0.05, 0) is 18.9 Å². The zero-order valence-electron chi connectivity index (χ0n) is 7.92. The van der Waals surface area contributed by atoms with Crippen LogP contribution >= 0.6 is 11.6 Å². The highest BCUT2D eigenvalue weighted by Gasteiger charge is 2.24.